The highest BCUT2D eigenvalue weighted by atomic mass is 19.4. The largest absolute Gasteiger partial charge is 0.444 e. The van der Waals surface area contributed by atoms with Crippen LogP contribution in [0.4, 0.5) is 35.3 Å². The number of likely N-dealkylation sites (tertiary alicyclic amines) is 1. The molecule has 0 radical (unpaired) electrons. The first-order valence-electron chi connectivity index (χ1n) is 15.4. The molecule has 3 heterocycles. The number of aromatic nitrogens is 4. The summed E-state index contributed by atoms with van der Waals surface area (Å²) in [5.41, 5.74) is 1.48. The number of nitrogens with zero attached hydrogens (tertiary/aromatic N) is 5. The summed E-state index contributed by atoms with van der Waals surface area (Å²) in [6.07, 6.45) is 2.43. The van der Waals surface area contributed by atoms with E-state index in [1.54, 1.807) is 63.6 Å². The highest BCUT2D eigenvalue weighted by Crippen LogP contribution is 2.34. The summed E-state index contributed by atoms with van der Waals surface area (Å²) in [7, 11) is 0. The molecule has 2 aromatic heterocycles. The average Bonchev–Trinajstić information content (AvgIpc) is 3.02. The molecule has 0 spiro atoms. The van der Waals surface area contributed by atoms with E-state index in [0.29, 0.717) is 54.5 Å². The summed E-state index contributed by atoms with van der Waals surface area (Å²) in [5, 5.41) is 8.66. The van der Waals surface area contributed by atoms with Gasteiger partial charge >= 0.3 is 12.3 Å². The topological polar surface area (TPSA) is 134 Å². The van der Waals surface area contributed by atoms with Gasteiger partial charge in [0.2, 0.25) is 5.95 Å². The number of carbonyl (C=O) groups excluding carboxylic acids is 2. The van der Waals surface area contributed by atoms with Gasteiger partial charge in [-0.3, -0.25) is 9.69 Å². The van der Waals surface area contributed by atoms with Crippen molar-refractivity contribution in [1.29, 1.82) is 0 Å². The van der Waals surface area contributed by atoms with Gasteiger partial charge in [-0.2, -0.15) is 13.2 Å². The second-order valence-corrected chi connectivity index (χ2v) is 12.6. The first-order chi connectivity index (χ1) is 22.7. The lowest BCUT2D eigenvalue weighted by molar-refractivity contribution is -0.138. The Morgan fingerprint density at radius 2 is 1.81 bits per heavy atom. The van der Waals surface area contributed by atoms with Crippen LogP contribution in [0.15, 0.2) is 67.4 Å². The predicted octanol–water partition coefficient (Wildman–Crippen LogP) is 6.75. The Bertz CT molecular complexity index is 1760. The molecule has 0 saturated carbocycles. The minimum absolute atomic E-state index is 0.0107. The van der Waals surface area contributed by atoms with E-state index in [9.17, 15) is 22.8 Å². The van der Waals surface area contributed by atoms with E-state index in [4.69, 9.17) is 4.74 Å². The molecule has 11 nitrogen and oxygen atoms in total. The van der Waals surface area contributed by atoms with Crippen molar-refractivity contribution in [2.24, 2.45) is 0 Å². The SMILES string of the molecule is Cc1ccc(NC(=O)c2ccc(CN3CCCC(NC(=O)OC(C)(C)C)C3)c(C(F)(F)F)c2)cc1Nc1nccc(-c2cncnc2)n1. The predicted molar refractivity (Wildman–Crippen MR) is 175 cm³/mol. The monoisotopic (exact) mass is 662 g/mol. The molecule has 1 fully saturated rings. The fraction of sp³-hybridized carbons (Fsp3) is 0.353. The van der Waals surface area contributed by atoms with Crippen molar-refractivity contribution in [1.82, 2.24) is 30.2 Å². The molecular formula is C34H37F3N8O3. The van der Waals surface area contributed by atoms with Crippen molar-refractivity contribution < 1.29 is 27.5 Å². The maximum atomic E-state index is 14.3. The number of halogens is 3. The molecule has 1 saturated heterocycles. The number of hydrogen-bond acceptors (Lipinski definition) is 9. The summed E-state index contributed by atoms with van der Waals surface area (Å²) < 4.78 is 48.1. The maximum absolute atomic E-state index is 14.3. The van der Waals surface area contributed by atoms with Gasteiger partial charge in [-0.25, -0.2) is 24.7 Å². The van der Waals surface area contributed by atoms with Crippen LogP contribution in [0, 0.1) is 6.92 Å². The molecular weight excluding hydrogens is 625 g/mol. The molecule has 2 aromatic carbocycles. The number of aryl methyl sites for hydroxylation is 1. The number of ether oxygens (including phenoxy) is 1. The first kappa shape index (κ1) is 34.2. The number of piperidine rings is 1. The van der Waals surface area contributed by atoms with Crippen LogP contribution in [-0.4, -0.2) is 61.6 Å². The Labute approximate surface area is 276 Å². The van der Waals surface area contributed by atoms with Crippen LogP contribution >= 0.6 is 0 Å². The highest BCUT2D eigenvalue weighted by Gasteiger charge is 2.35. The minimum atomic E-state index is -4.68. The van der Waals surface area contributed by atoms with Gasteiger partial charge in [0, 0.05) is 60.2 Å². The van der Waals surface area contributed by atoms with E-state index >= 15 is 0 Å². The second kappa shape index (κ2) is 14.3. The van der Waals surface area contributed by atoms with Crippen LogP contribution < -0.4 is 16.0 Å². The molecule has 252 valence electrons. The van der Waals surface area contributed by atoms with E-state index in [0.717, 1.165) is 11.6 Å². The third-order valence-electron chi connectivity index (χ3n) is 7.55. The molecule has 48 heavy (non-hydrogen) atoms. The normalized spacial score (nSPS) is 15.4. The molecule has 5 rings (SSSR count). The van der Waals surface area contributed by atoms with Crippen LogP contribution in [0.3, 0.4) is 0 Å². The van der Waals surface area contributed by atoms with Crippen LogP contribution in [0.25, 0.3) is 11.3 Å². The van der Waals surface area contributed by atoms with E-state index < -0.39 is 29.3 Å². The number of nitrogens with one attached hydrogen (secondary N) is 3. The van der Waals surface area contributed by atoms with Crippen molar-refractivity contribution in [2.45, 2.75) is 64.9 Å². The Kier molecular flexibility index (Phi) is 10.2. The second-order valence-electron chi connectivity index (χ2n) is 12.6. The zero-order chi connectivity index (χ0) is 34.5. The molecule has 1 aliphatic heterocycles. The third kappa shape index (κ3) is 9.25. The molecule has 14 heteroatoms. The van der Waals surface area contributed by atoms with Gasteiger partial charge in [0.25, 0.3) is 5.91 Å². The Morgan fingerprint density at radius 3 is 2.54 bits per heavy atom. The molecule has 2 amide bonds. The Balaban J connectivity index is 1.27. The van der Waals surface area contributed by atoms with Crippen LogP contribution in [-0.2, 0) is 17.5 Å². The minimum Gasteiger partial charge on any atom is -0.444 e. The van der Waals surface area contributed by atoms with E-state index in [1.165, 1.54) is 18.5 Å². The number of rotatable bonds is 8. The molecule has 1 aliphatic rings. The van der Waals surface area contributed by atoms with Crippen LogP contribution in [0.1, 0.15) is 60.7 Å². The maximum Gasteiger partial charge on any atom is 0.416 e. The number of carbonyl (C=O) groups is 2. The lowest BCUT2D eigenvalue weighted by Gasteiger charge is -2.34. The smallest absolute Gasteiger partial charge is 0.416 e. The van der Waals surface area contributed by atoms with Crippen molar-refractivity contribution in [2.75, 3.05) is 23.7 Å². The average molecular weight is 663 g/mol. The van der Waals surface area contributed by atoms with Crippen LogP contribution in [0.2, 0.25) is 0 Å². The highest BCUT2D eigenvalue weighted by molar-refractivity contribution is 6.04. The molecule has 0 bridgehead atoms. The van der Waals surface area contributed by atoms with Crippen molar-refractivity contribution in [3.63, 3.8) is 0 Å². The van der Waals surface area contributed by atoms with E-state index in [2.05, 4.69) is 35.9 Å². The zero-order valence-corrected chi connectivity index (χ0v) is 27.1. The van der Waals surface area contributed by atoms with Gasteiger partial charge in [-0.15, -0.1) is 0 Å². The fourth-order valence-electron chi connectivity index (χ4n) is 5.32. The van der Waals surface area contributed by atoms with Crippen molar-refractivity contribution in [3.05, 3.63) is 89.6 Å². The van der Waals surface area contributed by atoms with Gasteiger partial charge in [-0.05, 0) is 88.5 Å². The van der Waals surface area contributed by atoms with Gasteiger partial charge in [0.1, 0.15) is 11.9 Å². The molecule has 4 aromatic rings. The summed E-state index contributed by atoms with van der Waals surface area (Å²) in [6, 6.07) is 10.2. The Morgan fingerprint density at radius 1 is 1.04 bits per heavy atom. The molecule has 1 atom stereocenters. The quantitative estimate of drug-likeness (QED) is 0.187. The van der Waals surface area contributed by atoms with Gasteiger partial charge < -0.3 is 20.7 Å². The standard InChI is InChI=1S/C34H37F3N8O3/c1-21-7-10-25(15-29(21)44-31-40-12-11-28(43-31)24-16-38-20-39-17-24)41-30(46)22-8-9-23(27(14-22)34(35,36)37)18-45-13-5-6-26(19-45)42-32(47)48-33(2,3)4/h7-12,14-17,20,26H,5-6,13,18-19H2,1-4H3,(H,41,46)(H,42,47)(H,40,43,44). The summed E-state index contributed by atoms with van der Waals surface area (Å²) >= 11 is 0. The molecule has 0 aliphatic carbocycles. The molecule has 3 N–H and O–H groups in total. The zero-order valence-electron chi connectivity index (χ0n) is 27.1. The van der Waals surface area contributed by atoms with Gasteiger partial charge in [0.05, 0.1) is 11.3 Å². The fourth-order valence-corrected chi connectivity index (χ4v) is 5.32. The number of amides is 2. The third-order valence-corrected chi connectivity index (χ3v) is 7.55. The Hall–Kier alpha value is -5.11. The number of benzene rings is 2. The molecule has 1 unspecified atom stereocenters. The van der Waals surface area contributed by atoms with Crippen molar-refractivity contribution >= 4 is 29.3 Å². The lowest BCUT2D eigenvalue weighted by Crippen LogP contribution is -2.48. The number of anilines is 3. The van der Waals surface area contributed by atoms with Crippen LogP contribution in [0.5, 0.6) is 0 Å². The van der Waals surface area contributed by atoms with E-state index in [-0.39, 0.29) is 23.7 Å². The van der Waals surface area contributed by atoms with Gasteiger partial charge in [0.15, 0.2) is 0 Å². The van der Waals surface area contributed by atoms with Crippen molar-refractivity contribution in [3.8, 4) is 11.3 Å². The van der Waals surface area contributed by atoms with E-state index in [1.807, 2.05) is 11.8 Å². The number of hydrogen-bond donors (Lipinski definition) is 3. The first-order valence-corrected chi connectivity index (χ1v) is 15.4. The summed E-state index contributed by atoms with van der Waals surface area (Å²) in [5.74, 6) is -0.391. The number of alkyl halides is 3. The van der Waals surface area contributed by atoms with Gasteiger partial charge in [-0.1, -0.05) is 12.1 Å². The summed E-state index contributed by atoms with van der Waals surface area (Å²) in [6.45, 7) is 8.10. The lowest BCUT2D eigenvalue weighted by atomic mass is 10.00. The number of alkyl carbamates (subject to hydrolysis) is 1. The summed E-state index contributed by atoms with van der Waals surface area (Å²) in [4.78, 5) is 44.1.